The van der Waals surface area contributed by atoms with Gasteiger partial charge in [0.1, 0.15) is 0 Å². The normalized spacial score (nSPS) is 10.3. The monoisotopic (exact) mass is 201 g/mol. The van der Waals surface area contributed by atoms with Gasteiger partial charge < -0.3 is 5.32 Å². The van der Waals surface area contributed by atoms with Crippen LogP contribution >= 0.6 is 0 Å². The van der Waals surface area contributed by atoms with Crippen molar-refractivity contribution in [3.8, 4) is 12.3 Å². The van der Waals surface area contributed by atoms with Crippen molar-refractivity contribution in [2.24, 2.45) is 0 Å². The Morgan fingerprint density at radius 3 is 2.47 bits per heavy atom. The van der Waals surface area contributed by atoms with Gasteiger partial charge in [0.05, 0.1) is 0 Å². The highest BCUT2D eigenvalue weighted by Crippen LogP contribution is 2.14. The van der Waals surface area contributed by atoms with Crippen LogP contribution in [0.2, 0.25) is 0 Å². The molecule has 15 heavy (non-hydrogen) atoms. The quantitative estimate of drug-likeness (QED) is 0.570. The first-order chi connectivity index (χ1) is 7.24. The van der Waals surface area contributed by atoms with Crippen molar-refractivity contribution in [2.45, 2.75) is 32.7 Å². The zero-order valence-corrected chi connectivity index (χ0v) is 9.59. The van der Waals surface area contributed by atoms with Crippen LogP contribution in [0.1, 0.15) is 37.3 Å². The Bertz CT molecular complexity index is 316. The lowest BCUT2D eigenvalue weighted by molar-refractivity contribution is 0.701. The molecule has 0 amide bonds. The van der Waals surface area contributed by atoms with Crippen LogP contribution < -0.4 is 5.32 Å². The van der Waals surface area contributed by atoms with Crippen molar-refractivity contribution in [1.29, 1.82) is 0 Å². The molecule has 0 aliphatic heterocycles. The summed E-state index contributed by atoms with van der Waals surface area (Å²) in [7, 11) is 0. The minimum absolute atomic E-state index is 0.605. The minimum atomic E-state index is 0.605. The topological polar surface area (TPSA) is 12.0 Å². The highest BCUT2D eigenvalue weighted by Gasteiger charge is 1.98. The molecule has 0 aliphatic carbocycles. The van der Waals surface area contributed by atoms with Gasteiger partial charge in [0.25, 0.3) is 0 Å². The molecule has 0 aromatic heterocycles. The van der Waals surface area contributed by atoms with Gasteiger partial charge in [-0.15, -0.1) is 12.3 Å². The number of terminal acetylenes is 1. The largest absolute Gasteiger partial charge is 0.312 e. The molecular formula is C14H19N. The van der Waals surface area contributed by atoms with E-state index in [9.17, 15) is 0 Å². The maximum atomic E-state index is 5.17. The third-order valence-corrected chi connectivity index (χ3v) is 2.42. The second kappa shape index (κ2) is 6.27. The van der Waals surface area contributed by atoms with E-state index in [0.29, 0.717) is 5.92 Å². The number of hydrogen-bond donors (Lipinski definition) is 1. The Hall–Kier alpha value is -1.26. The first-order valence-corrected chi connectivity index (χ1v) is 5.47. The summed E-state index contributed by atoms with van der Waals surface area (Å²) in [5, 5.41) is 3.31. The van der Waals surface area contributed by atoms with E-state index in [0.717, 1.165) is 19.5 Å². The van der Waals surface area contributed by atoms with Crippen LogP contribution in [0.25, 0.3) is 0 Å². The molecule has 1 aromatic rings. The van der Waals surface area contributed by atoms with Crippen LogP contribution in [-0.2, 0) is 6.54 Å². The van der Waals surface area contributed by atoms with Crippen LogP contribution in [0.4, 0.5) is 0 Å². The van der Waals surface area contributed by atoms with Gasteiger partial charge in [-0.25, -0.2) is 0 Å². The number of nitrogens with one attached hydrogen (secondary N) is 1. The average molecular weight is 201 g/mol. The Morgan fingerprint density at radius 2 is 1.93 bits per heavy atom. The van der Waals surface area contributed by atoms with Crippen molar-refractivity contribution in [2.75, 3.05) is 6.54 Å². The fraction of sp³-hybridized carbons (Fsp3) is 0.429. The second-order valence-electron chi connectivity index (χ2n) is 4.03. The third-order valence-electron chi connectivity index (χ3n) is 2.42. The van der Waals surface area contributed by atoms with Gasteiger partial charge in [-0.1, -0.05) is 38.1 Å². The highest BCUT2D eigenvalue weighted by molar-refractivity contribution is 5.24. The summed E-state index contributed by atoms with van der Waals surface area (Å²) in [5.74, 6) is 3.22. The standard InChI is InChI=1S/C14H19N/c1-4-5-10-15-11-13-6-8-14(9-7-13)12(2)3/h1,6-9,12,15H,5,10-11H2,2-3H3. The molecular weight excluding hydrogens is 182 g/mol. The van der Waals surface area contributed by atoms with Crippen molar-refractivity contribution < 1.29 is 0 Å². The van der Waals surface area contributed by atoms with Crippen molar-refractivity contribution in [3.05, 3.63) is 35.4 Å². The van der Waals surface area contributed by atoms with Gasteiger partial charge in [0.2, 0.25) is 0 Å². The first kappa shape index (κ1) is 11.8. The molecule has 1 rings (SSSR count). The first-order valence-electron chi connectivity index (χ1n) is 5.47. The average Bonchev–Trinajstić information content (AvgIpc) is 2.25. The van der Waals surface area contributed by atoms with Gasteiger partial charge >= 0.3 is 0 Å². The summed E-state index contributed by atoms with van der Waals surface area (Å²) in [6, 6.07) is 8.75. The highest BCUT2D eigenvalue weighted by atomic mass is 14.8. The van der Waals surface area contributed by atoms with Crippen LogP contribution in [-0.4, -0.2) is 6.54 Å². The lowest BCUT2D eigenvalue weighted by Gasteiger charge is -2.07. The summed E-state index contributed by atoms with van der Waals surface area (Å²) in [6.45, 7) is 6.21. The zero-order chi connectivity index (χ0) is 11.1. The van der Waals surface area contributed by atoms with E-state index in [1.165, 1.54) is 11.1 Å². The fourth-order valence-electron chi connectivity index (χ4n) is 1.41. The molecule has 1 heteroatoms. The number of hydrogen-bond acceptors (Lipinski definition) is 1. The molecule has 1 aromatic carbocycles. The van der Waals surface area contributed by atoms with Crippen LogP contribution in [0.15, 0.2) is 24.3 Å². The van der Waals surface area contributed by atoms with E-state index < -0.39 is 0 Å². The lowest BCUT2D eigenvalue weighted by Crippen LogP contribution is -2.14. The predicted molar refractivity (Wildman–Crippen MR) is 65.7 cm³/mol. The number of benzene rings is 1. The van der Waals surface area contributed by atoms with E-state index in [2.05, 4.69) is 49.4 Å². The summed E-state index contributed by atoms with van der Waals surface area (Å²) >= 11 is 0. The SMILES string of the molecule is C#CCCNCc1ccc(C(C)C)cc1. The number of rotatable bonds is 5. The van der Waals surface area contributed by atoms with Gasteiger partial charge in [-0.2, -0.15) is 0 Å². The third kappa shape index (κ3) is 4.18. The Kier molecular flexibility index (Phi) is 4.93. The van der Waals surface area contributed by atoms with Crippen molar-refractivity contribution >= 4 is 0 Å². The maximum Gasteiger partial charge on any atom is 0.0212 e. The molecule has 0 fully saturated rings. The van der Waals surface area contributed by atoms with Gasteiger partial charge in [-0.05, 0) is 17.0 Å². The smallest absolute Gasteiger partial charge is 0.0212 e. The van der Waals surface area contributed by atoms with Gasteiger partial charge in [0.15, 0.2) is 0 Å². The molecule has 0 radical (unpaired) electrons. The Balaban J connectivity index is 2.40. The van der Waals surface area contributed by atoms with Crippen LogP contribution in [0.3, 0.4) is 0 Å². The van der Waals surface area contributed by atoms with Crippen molar-refractivity contribution in [1.82, 2.24) is 5.32 Å². The Labute approximate surface area is 92.9 Å². The van der Waals surface area contributed by atoms with Gasteiger partial charge in [0, 0.05) is 19.5 Å². The van der Waals surface area contributed by atoms with Crippen LogP contribution in [0.5, 0.6) is 0 Å². The second-order valence-corrected chi connectivity index (χ2v) is 4.03. The maximum absolute atomic E-state index is 5.17. The van der Waals surface area contributed by atoms with E-state index in [-0.39, 0.29) is 0 Å². The molecule has 0 saturated heterocycles. The zero-order valence-electron chi connectivity index (χ0n) is 9.59. The van der Waals surface area contributed by atoms with Gasteiger partial charge in [-0.3, -0.25) is 0 Å². The lowest BCUT2D eigenvalue weighted by atomic mass is 10.0. The summed E-state index contributed by atoms with van der Waals surface area (Å²) in [6.07, 6.45) is 5.97. The molecule has 0 aliphatic rings. The molecule has 0 atom stereocenters. The van der Waals surface area contributed by atoms with E-state index in [1.54, 1.807) is 0 Å². The molecule has 1 N–H and O–H groups in total. The molecule has 80 valence electrons. The molecule has 1 nitrogen and oxygen atoms in total. The molecule has 0 unspecified atom stereocenters. The predicted octanol–water partition coefficient (Wildman–Crippen LogP) is 2.92. The minimum Gasteiger partial charge on any atom is -0.312 e. The van der Waals surface area contributed by atoms with Crippen LogP contribution in [0, 0.1) is 12.3 Å². The molecule has 0 bridgehead atoms. The van der Waals surface area contributed by atoms with Crippen molar-refractivity contribution in [3.63, 3.8) is 0 Å². The van der Waals surface area contributed by atoms with E-state index in [1.807, 2.05) is 0 Å². The fourth-order valence-corrected chi connectivity index (χ4v) is 1.41. The molecule has 0 saturated carbocycles. The Morgan fingerprint density at radius 1 is 1.27 bits per heavy atom. The van der Waals surface area contributed by atoms with E-state index >= 15 is 0 Å². The molecule has 0 heterocycles. The summed E-state index contributed by atoms with van der Waals surface area (Å²) in [5.41, 5.74) is 2.71. The summed E-state index contributed by atoms with van der Waals surface area (Å²) < 4.78 is 0. The summed E-state index contributed by atoms with van der Waals surface area (Å²) in [4.78, 5) is 0. The van der Waals surface area contributed by atoms with E-state index in [4.69, 9.17) is 6.42 Å². The molecule has 0 spiro atoms.